The summed E-state index contributed by atoms with van der Waals surface area (Å²) in [4.78, 5) is 5.08. The van der Waals surface area contributed by atoms with Crippen LogP contribution in [0.5, 0.6) is 0 Å². The van der Waals surface area contributed by atoms with Gasteiger partial charge in [-0.25, -0.2) is 4.98 Å². The maximum atomic E-state index is 12.6. The summed E-state index contributed by atoms with van der Waals surface area (Å²) in [5, 5.41) is 8.90. The van der Waals surface area contributed by atoms with Crippen molar-refractivity contribution in [1.29, 1.82) is 5.26 Å². The number of anilines is 1. The van der Waals surface area contributed by atoms with E-state index in [4.69, 9.17) is 11.0 Å². The quantitative estimate of drug-likeness (QED) is 0.893. The first kappa shape index (κ1) is 14.3. The molecule has 1 rings (SSSR count). The zero-order chi connectivity index (χ0) is 13.8. The molecule has 0 amide bonds. The second-order valence-electron chi connectivity index (χ2n) is 3.55. The Labute approximate surface area is 103 Å². The average molecular weight is 258 g/mol. The zero-order valence-electron chi connectivity index (χ0n) is 9.83. The van der Waals surface area contributed by atoms with Crippen molar-refractivity contribution in [2.45, 2.75) is 13.1 Å². The van der Waals surface area contributed by atoms with E-state index in [1.54, 1.807) is 11.8 Å². The van der Waals surface area contributed by atoms with E-state index < -0.39 is 11.9 Å². The van der Waals surface area contributed by atoms with Crippen molar-refractivity contribution in [1.82, 2.24) is 4.98 Å². The van der Waals surface area contributed by atoms with Crippen LogP contribution in [0.1, 0.15) is 18.2 Å². The smallest absolute Gasteiger partial charge is 0.355 e. The molecule has 0 spiro atoms. The van der Waals surface area contributed by atoms with Gasteiger partial charge in [-0.2, -0.15) is 18.4 Å². The van der Waals surface area contributed by atoms with Crippen molar-refractivity contribution in [3.63, 3.8) is 0 Å². The number of nitrogens with zero attached hydrogens (tertiary/aromatic N) is 3. The number of alkyl halides is 3. The molecule has 1 heterocycles. The molecule has 0 aliphatic heterocycles. The van der Waals surface area contributed by atoms with E-state index in [1.165, 1.54) is 0 Å². The lowest BCUT2D eigenvalue weighted by Gasteiger charge is -2.22. The summed E-state index contributed by atoms with van der Waals surface area (Å²) >= 11 is 0. The van der Waals surface area contributed by atoms with Gasteiger partial charge >= 0.3 is 6.18 Å². The number of halogens is 3. The molecule has 0 fully saturated rings. The summed E-state index contributed by atoms with van der Waals surface area (Å²) < 4.78 is 37.7. The van der Waals surface area contributed by atoms with Crippen LogP contribution in [0.25, 0.3) is 0 Å². The van der Waals surface area contributed by atoms with Gasteiger partial charge in [-0.3, -0.25) is 0 Å². The monoisotopic (exact) mass is 258 g/mol. The normalized spacial score (nSPS) is 11.1. The lowest BCUT2D eigenvalue weighted by molar-refractivity contribution is -0.141. The van der Waals surface area contributed by atoms with Crippen LogP contribution in [0.2, 0.25) is 0 Å². The van der Waals surface area contributed by atoms with Crippen LogP contribution in [0.3, 0.4) is 0 Å². The minimum Gasteiger partial charge on any atom is -0.355 e. The second kappa shape index (κ2) is 5.69. The maximum Gasteiger partial charge on any atom is 0.433 e. The molecule has 4 nitrogen and oxygen atoms in total. The predicted molar refractivity (Wildman–Crippen MR) is 60.9 cm³/mol. The third-order valence-corrected chi connectivity index (χ3v) is 2.37. The Balaban J connectivity index is 3.26. The summed E-state index contributed by atoms with van der Waals surface area (Å²) in [5.74, 6) is 0.0280. The topological polar surface area (TPSA) is 65.9 Å². The number of nitriles is 1. The van der Waals surface area contributed by atoms with Crippen molar-refractivity contribution in [3.05, 3.63) is 23.4 Å². The van der Waals surface area contributed by atoms with Gasteiger partial charge in [0.15, 0.2) is 0 Å². The van der Waals surface area contributed by atoms with E-state index in [2.05, 4.69) is 4.98 Å². The van der Waals surface area contributed by atoms with Crippen LogP contribution in [0.15, 0.2) is 12.1 Å². The first-order valence-corrected chi connectivity index (χ1v) is 5.37. The van der Waals surface area contributed by atoms with Crippen molar-refractivity contribution >= 4 is 5.82 Å². The molecule has 0 saturated carbocycles. The molecular weight excluding hydrogens is 245 g/mol. The molecule has 1 aromatic heterocycles. The fraction of sp³-hybridized carbons (Fsp3) is 0.455. The van der Waals surface area contributed by atoms with Crippen LogP contribution < -0.4 is 10.6 Å². The van der Waals surface area contributed by atoms with Gasteiger partial charge in [0, 0.05) is 19.6 Å². The Bertz CT molecular complexity index is 451. The number of likely N-dealkylation sites (N-methyl/N-ethyl adjacent to an activating group) is 1. The van der Waals surface area contributed by atoms with E-state index in [1.807, 2.05) is 6.07 Å². The molecule has 1 aromatic rings. The maximum absolute atomic E-state index is 12.6. The largest absolute Gasteiger partial charge is 0.433 e. The molecule has 0 unspecified atom stereocenters. The van der Waals surface area contributed by atoms with Crippen LogP contribution in [-0.2, 0) is 6.18 Å². The van der Waals surface area contributed by atoms with E-state index in [0.29, 0.717) is 13.1 Å². The standard InChI is InChI=1S/C11H13F3N4/c1-2-18(6-5-15)10-8(7-16)3-4-9(17-10)11(12,13)14/h3-4H,2,5-6,15H2,1H3. The van der Waals surface area contributed by atoms with Gasteiger partial charge in [0.05, 0.1) is 5.56 Å². The van der Waals surface area contributed by atoms with Crippen LogP contribution in [-0.4, -0.2) is 24.6 Å². The van der Waals surface area contributed by atoms with Crippen molar-refractivity contribution in [2.75, 3.05) is 24.5 Å². The molecule has 2 N–H and O–H groups in total. The predicted octanol–water partition coefficient (Wildman–Crippen LogP) is 1.76. The van der Waals surface area contributed by atoms with Gasteiger partial charge in [0.1, 0.15) is 17.6 Å². The number of rotatable bonds is 4. The molecule has 0 radical (unpaired) electrons. The Hall–Kier alpha value is -1.81. The number of nitrogens with two attached hydrogens (primary N) is 1. The van der Waals surface area contributed by atoms with Gasteiger partial charge in [-0.1, -0.05) is 0 Å². The number of hydrogen-bond donors (Lipinski definition) is 1. The third-order valence-electron chi connectivity index (χ3n) is 2.37. The number of hydrogen-bond acceptors (Lipinski definition) is 4. The van der Waals surface area contributed by atoms with Gasteiger partial charge in [0.2, 0.25) is 0 Å². The molecule has 7 heteroatoms. The summed E-state index contributed by atoms with van der Waals surface area (Å²) in [7, 11) is 0. The summed E-state index contributed by atoms with van der Waals surface area (Å²) in [6.07, 6.45) is -4.52. The van der Waals surface area contributed by atoms with Crippen LogP contribution in [0, 0.1) is 11.3 Å². The van der Waals surface area contributed by atoms with E-state index in [-0.39, 0.29) is 17.9 Å². The van der Waals surface area contributed by atoms with Crippen molar-refractivity contribution < 1.29 is 13.2 Å². The minimum atomic E-state index is -4.52. The van der Waals surface area contributed by atoms with Crippen molar-refractivity contribution in [3.8, 4) is 6.07 Å². The first-order chi connectivity index (χ1) is 8.43. The van der Waals surface area contributed by atoms with E-state index in [9.17, 15) is 13.2 Å². The van der Waals surface area contributed by atoms with Gasteiger partial charge in [0.25, 0.3) is 0 Å². The summed E-state index contributed by atoms with van der Waals surface area (Å²) in [6, 6.07) is 3.77. The Morgan fingerprint density at radius 3 is 2.56 bits per heavy atom. The fourth-order valence-electron chi connectivity index (χ4n) is 1.50. The van der Waals surface area contributed by atoms with Crippen molar-refractivity contribution in [2.24, 2.45) is 5.73 Å². The number of aromatic nitrogens is 1. The number of pyridine rings is 1. The molecule has 0 bridgehead atoms. The molecule has 18 heavy (non-hydrogen) atoms. The highest BCUT2D eigenvalue weighted by molar-refractivity contribution is 5.54. The Morgan fingerprint density at radius 1 is 1.44 bits per heavy atom. The minimum absolute atomic E-state index is 0.0280. The molecule has 0 saturated heterocycles. The molecule has 0 aromatic carbocycles. The average Bonchev–Trinajstić information content (AvgIpc) is 2.34. The highest BCUT2D eigenvalue weighted by Crippen LogP contribution is 2.30. The Kier molecular flexibility index (Phi) is 4.50. The lowest BCUT2D eigenvalue weighted by Crippen LogP contribution is -2.31. The molecule has 98 valence electrons. The molecular formula is C11H13F3N4. The third kappa shape index (κ3) is 3.11. The van der Waals surface area contributed by atoms with Crippen LogP contribution in [0.4, 0.5) is 19.0 Å². The van der Waals surface area contributed by atoms with Gasteiger partial charge in [-0.15, -0.1) is 0 Å². The fourth-order valence-corrected chi connectivity index (χ4v) is 1.50. The summed E-state index contributed by atoms with van der Waals surface area (Å²) in [5.41, 5.74) is 4.49. The van der Waals surface area contributed by atoms with E-state index in [0.717, 1.165) is 12.1 Å². The summed E-state index contributed by atoms with van der Waals surface area (Å²) in [6.45, 7) is 2.81. The Morgan fingerprint density at radius 2 is 2.11 bits per heavy atom. The SMILES string of the molecule is CCN(CCN)c1nc(C(F)(F)F)ccc1C#N. The highest BCUT2D eigenvalue weighted by Gasteiger charge is 2.33. The van der Waals surface area contributed by atoms with E-state index >= 15 is 0 Å². The van der Waals surface area contributed by atoms with Gasteiger partial charge < -0.3 is 10.6 Å². The highest BCUT2D eigenvalue weighted by atomic mass is 19.4. The van der Waals surface area contributed by atoms with Crippen LogP contribution >= 0.6 is 0 Å². The molecule has 0 aliphatic rings. The molecule has 0 atom stereocenters. The lowest BCUT2D eigenvalue weighted by atomic mass is 10.2. The second-order valence-corrected chi connectivity index (χ2v) is 3.55. The zero-order valence-corrected chi connectivity index (χ0v) is 9.83. The van der Waals surface area contributed by atoms with Gasteiger partial charge in [-0.05, 0) is 19.1 Å². The molecule has 0 aliphatic carbocycles. The first-order valence-electron chi connectivity index (χ1n) is 5.37.